The van der Waals surface area contributed by atoms with E-state index in [1.807, 2.05) is 0 Å². The summed E-state index contributed by atoms with van der Waals surface area (Å²) >= 11 is 3.62. The summed E-state index contributed by atoms with van der Waals surface area (Å²) in [4.78, 5) is 0. The zero-order valence-corrected chi connectivity index (χ0v) is 9.67. The van der Waals surface area contributed by atoms with E-state index in [4.69, 9.17) is 10.5 Å². The first-order chi connectivity index (χ1) is 6.06. The zero-order valence-electron chi connectivity index (χ0n) is 8.09. The lowest BCUT2D eigenvalue weighted by atomic mass is 9.96. The maximum absolute atomic E-state index is 5.62. The molecule has 13 heavy (non-hydrogen) atoms. The molecule has 0 aromatic heterocycles. The number of alkyl halides is 1. The molecular weight excluding hydrogens is 230 g/mol. The third-order valence-electron chi connectivity index (χ3n) is 2.06. The minimum atomic E-state index is -0.0956. The summed E-state index contributed by atoms with van der Waals surface area (Å²) in [5.41, 5.74) is 6.63. The Bertz CT molecular complexity index is 233. The second kappa shape index (κ2) is 4.40. The predicted octanol–water partition coefficient (Wildman–Crippen LogP) is 2.00. The maximum Gasteiger partial charge on any atom is 0.0947 e. The van der Waals surface area contributed by atoms with Gasteiger partial charge in [-0.05, 0) is 13.8 Å². The van der Waals surface area contributed by atoms with E-state index in [-0.39, 0.29) is 10.4 Å². The fraction of sp³-hybridized carbons (Fsp3) is 0.600. The van der Waals surface area contributed by atoms with Crippen molar-refractivity contribution in [1.29, 1.82) is 0 Å². The van der Waals surface area contributed by atoms with Gasteiger partial charge in [0, 0.05) is 6.54 Å². The summed E-state index contributed by atoms with van der Waals surface area (Å²) in [6, 6.07) is 0. The summed E-state index contributed by atoms with van der Waals surface area (Å²) in [5.74, 6) is 0. The molecule has 0 bridgehead atoms. The first kappa shape index (κ1) is 11.0. The molecule has 0 radical (unpaired) electrons. The van der Waals surface area contributed by atoms with Crippen LogP contribution in [0.5, 0.6) is 0 Å². The monoisotopic (exact) mass is 245 g/mol. The van der Waals surface area contributed by atoms with E-state index in [2.05, 4.69) is 48.0 Å². The molecule has 0 saturated heterocycles. The van der Waals surface area contributed by atoms with Crippen molar-refractivity contribution < 1.29 is 4.74 Å². The van der Waals surface area contributed by atoms with Gasteiger partial charge in [-0.15, -0.1) is 0 Å². The molecule has 1 aliphatic rings. The normalized spacial score (nSPS) is 33.2. The molecule has 74 valence electrons. The van der Waals surface area contributed by atoms with Gasteiger partial charge in [-0.25, -0.2) is 0 Å². The third kappa shape index (κ3) is 2.93. The topological polar surface area (TPSA) is 35.2 Å². The molecular formula is C10H16BrNO. The van der Waals surface area contributed by atoms with Crippen molar-refractivity contribution in [2.75, 3.05) is 13.2 Å². The van der Waals surface area contributed by atoms with Crippen LogP contribution in [-0.4, -0.2) is 23.6 Å². The number of halogens is 1. The molecule has 2 unspecified atom stereocenters. The summed E-state index contributed by atoms with van der Waals surface area (Å²) in [6.45, 7) is 5.32. The van der Waals surface area contributed by atoms with Crippen molar-refractivity contribution in [1.82, 2.24) is 0 Å². The molecule has 3 heteroatoms. The first-order valence-electron chi connectivity index (χ1n) is 4.44. The molecule has 0 aromatic carbocycles. The van der Waals surface area contributed by atoms with Crippen LogP contribution in [0.3, 0.4) is 0 Å². The number of nitrogens with two attached hydrogens (primary N) is 1. The van der Waals surface area contributed by atoms with E-state index in [1.165, 1.54) is 5.57 Å². The van der Waals surface area contributed by atoms with Crippen LogP contribution in [-0.2, 0) is 4.74 Å². The molecule has 0 spiro atoms. The van der Waals surface area contributed by atoms with Crippen molar-refractivity contribution in [2.24, 2.45) is 5.73 Å². The summed E-state index contributed by atoms with van der Waals surface area (Å²) in [5, 5.41) is 0. The molecule has 0 aromatic rings. The van der Waals surface area contributed by atoms with Crippen LogP contribution in [0, 0.1) is 0 Å². The Morgan fingerprint density at radius 2 is 2.38 bits per heavy atom. The van der Waals surface area contributed by atoms with Crippen LogP contribution in [0.4, 0.5) is 0 Å². The molecule has 0 fully saturated rings. The Morgan fingerprint density at radius 1 is 1.69 bits per heavy atom. The number of rotatable bonds is 3. The number of hydrogen-bond acceptors (Lipinski definition) is 2. The van der Waals surface area contributed by atoms with Crippen molar-refractivity contribution >= 4 is 15.9 Å². The maximum atomic E-state index is 5.62. The van der Waals surface area contributed by atoms with E-state index < -0.39 is 0 Å². The second-order valence-electron chi connectivity index (χ2n) is 3.48. The lowest BCUT2D eigenvalue weighted by Crippen LogP contribution is -2.35. The Hall–Kier alpha value is -0.120. The smallest absolute Gasteiger partial charge is 0.0947 e. The van der Waals surface area contributed by atoms with Gasteiger partial charge < -0.3 is 10.5 Å². The average Bonchev–Trinajstić information content (AvgIpc) is 2.07. The van der Waals surface area contributed by atoms with Gasteiger partial charge >= 0.3 is 0 Å². The van der Waals surface area contributed by atoms with Gasteiger partial charge in [-0.3, -0.25) is 0 Å². The molecule has 1 aliphatic carbocycles. The van der Waals surface area contributed by atoms with Crippen molar-refractivity contribution in [3.05, 3.63) is 23.8 Å². The fourth-order valence-corrected chi connectivity index (χ4v) is 1.65. The molecule has 2 atom stereocenters. The fourth-order valence-electron chi connectivity index (χ4n) is 1.25. The lowest BCUT2D eigenvalue weighted by molar-refractivity contribution is 0.0782. The highest BCUT2D eigenvalue weighted by Crippen LogP contribution is 2.31. The zero-order chi connectivity index (χ0) is 9.90. The van der Waals surface area contributed by atoms with E-state index >= 15 is 0 Å². The Balaban J connectivity index is 2.64. The predicted molar refractivity (Wildman–Crippen MR) is 59.0 cm³/mol. The Kier molecular flexibility index (Phi) is 3.71. The molecule has 1 rings (SSSR count). The van der Waals surface area contributed by atoms with Gasteiger partial charge in [-0.2, -0.15) is 0 Å². The van der Waals surface area contributed by atoms with Crippen LogP contribution >= 0.6 is 15.9 Å². The SMILES string of the molecule is CC1=CC(OCCN)C(C)(Br)C=C1. The van der Waals surface area contributed by atoms with Gasteiger partial charge in [0.15, 0.2) is 0 Å². The van der Waals surface area contributed by atoms with Crippen molar-refractivity contribution in [3.8, 4) is 0 Å². The van der Waals surface area contributed by atoms with E-state index in [9.17, 15) is 0 Å². The van der Waals surface area contributed by atoms with E-state index in [0.717, 1.165) is 0 Å². The van der Waals surface area contributed by atoms with Gasteiger partial charge in [-0.1, -0.05) is 39.7 Å². The number of allylic oxidation sites excluding steroid dienone is 2. The Labute approximate surface area is 88.0 Å². The van der Waals surface area contributed by atoms with E-state index in [0.29, 0.717) is 13.2 Å². The van der Waals surface area contributed by atoms with Gasteiger partial charge in [0.05, 0.1) is 17.0 Å². The second-order valence-corrected chi connectivity index (χ2v) is 5.18. The van der Waals surface area contributed by atoms with Crippen LogP contribution in [0.25, 0.3) is 0 Å². The van der Waals surface area contributed by atoms with Crippen LogP contribution in [0.2, 0.25) is 0 Å². The molecule has 0 amide bonds. The highest BCUT2D eigenvalue weighted by Gasteiger charge is 2.30. The summed E-state index contributed by atoms with van der Waals surface area (Å²) < 4.78 is 5.52. The van der Waals surface area contributed by atoms with Gasteiger partial charge in [0.2, 0.25) is 0 Å². The van der Waals surface area contributed by atoms with E-state index in [1.54, 1.807) is 0 Å². The van der Waals surface area contributed by atoms with Crippen LogP contribution in [0.15, 0.2) is 23.8 Å². The minimum Gasteiger partial charge on any atom is -0.371 e. The lowest BCUT2D eigenvalue weighted by Gasteiger charge is -2.30. The first-order valence-corrected chi connectivity index (χ1v) is 5.24. The average molecular weight is 246 g/mol. The highest BCUT2D eigenvalue weighted by atomic mass is 79.9. The largest absolute Gasteiger partial charge is 0.371 e. The summed E-state index contributed by atoms with van der Waals surface area (Å²) in [6.07, 6.45) is 6.41. The molecule has 0 saturated carbocycles. The standard InChI is InChI=1S/C10H16BrNO/c1-8-3-4-10(2,11)9(7-8)13-6-5-12/h3-4,7,9H,5-6,12H2,1-2H3. The molecule has 2 N–H and O–H groups in total. The molecule has 0 heterocycles. The third-order valence-corrected chi connectivity index (χ3v) is 2.77. The number of hydrogen-bond donors (Lipinski definition) is 1. The highest BCUT2D eigenvalue weighted by molar-refractivity contribution is 9.10. The van der Waals surface area contributed by atoms with Crippen molar-refractivity contribution in [2.45, 2.75) is 24.3 Å². The molecule has 0 aliphatic heterocycles. The van der Waals surface area contributed by atoms with Gasteiger partial charge in [0.1, 0.15) is 0 Å². The van der Waals surface area contributed by atoms with Crippen molar-refractivity contribution in [3.63, 3.8) is 0 Å². The molecule has 2 nitrogen and oxygen atoms in total. The van der Waals surface area contributed by atoms with Gasteiger partial charge in [0.25, 0.3) is 0 Å². The van der Waals surface area contributed by atoms with Crippen LogP contribution in [0.1, 0.15) is 13.8 Å². The van der Waals surface area contributed by atoms with Crippen LogP contribution < -0.4 is 5.73 Å². The minimum absolute atomic E-state index is 0.0843. The summed E-state index contributed by atoms with van der Waals surface area (Å²) in [7, 11) is 0. The number of ether oxygens (including phenoxy) is 1. The Morgan fingerprint density at radius 3 is 3.00 bits per heavy atom. The quantitative estimate of drug-likeness (QED) is 0.773.